The number of rotatable bonds is 3. The van der Waals surface area contributed by atoms with Crippen molar-refractivity contribution in [1.82, 2.24) is 0 Å². The summed E-state index contributed by atoms with van der Waals surface area (Å²) in [6.07, 6.45) is 0.472. The zero-order chi connectivity index (χ0) is 21.6. The molecule has 0 atom stereocenters. The van der Waals surface area contributed by atoms with Gasteiger partial charge < -0.3 is 4.74 Å². The Balaban J connectivity index is 1.96. The summed E-state index contributed by atoms with van der Waals surface area (Å²) < 4.78 is 29.4. The molecule has 1 aliphatic rings. The highest BCUT2D eigenvalue weighted by Crippen LogP contribution is 2.46. The summed E-state index contributed by atoms with van der Waals surface area (Å²) in [7, 11) is -3.82. The summed E-state index contributed by atoms with van der Waals surface area (Å²) >= 11 is 25.4. The van der Waals surface area contributed by atoms with E-state index in [1.54, 1.807) is 12.1 Å². The van der Waals surface area contributed by atoms with E-state index in [1.807, 2.05) is 24.3 Å². The molecule has 0 unspecified atom stereocenters. The third-order valence-corrected chi connectivity index (χ3v) is 7.18. The lowest BCUT2D eigenvalue weighted by Crippen LogP contribution is -2.13. The van der Waals surface area contributed by atoms with Gasteiger partial charge in [0.15, 0.2) is 0 Å². The van der Waals surface area contributed by atoms with Crippen molar-refractivity contribution in [3.63, 3.8) is 0 Å². The lowest BCUT2D eigenvalue weighted by molar-refractivity contribution is 0.502. The molecule has 4 rings (SSSR count). The summed E-state index contributed by atoms with van der Waals surface area (Å²) in [5.41, 5.74) is 2.78. The standard InChI is InChI=1S/C21H13Cl4NO3S/c22-15-10-16(23)19(24)20(25)18(15)14-9-12-3-1-2-4-17(12)29-21(14)11-5-7-13(8-6-11)30(26,27)28/h1-8,10H,9H2,(H2,26,27,28). The van der Waals surface area contributed by atoms with Crippen LogP contribution in [0, 0.1) is 0 Å². The maximum absolute atomic E-state index is 11.6. The van der Waals surface area contributed by atoms with E-state index in [4.69, 9.17) is 56.3 Å². The van der Waals surface area contributed by atoms with Gasteiger partial charge in [0.05, 0.1) is 25.0 Å². The van der Waals surface area contributed by atoms with Crippen molar-refractivity contribution in [2.24, 2.45) is 5.14 Å². The van der Waals surface area contributed by atoms with Gasteiger partial charge in [-0.05, 0) is 42.0 Å². The highest BCUT2D eigenvalue weighted by molar-refractivity contribution is 7.89. The lowest BCUT2D eigenvalue weighted by Gasteiger charge is -2.25. The van der Waals surface area contributed by atoms with Gasteiger partial charge in [-0.15, -0.1) is 0 Å². The minimum atomic E-state index is -3.82. The van der Waals surface area contributed by atoms with Crippen molar-refractivity contribution in [1.29, 1.82) is 0 Å². The normalized spacial score (nSPS) is 13.8. The average molecular weight is 501 g/mol. The van der Waals surface area contributed by atoms with E-state index < -0.39 is 10.0 Å². The van der Waals surface area contributed by atoms with Crippen molar-refractivity contribution in [3.05, 3.63) is 91.4 Å². The number of para-hydroxylation sites is 1. The Morgan fingerprint density at radius 2 is 1.53 bits per heavy atom. The Bertz CT molecular complexity index is 1300. The molecule has 4 nitrogen and oxygen atoms in total. The van der Waals surface area contributed by atoms with E-state index in [0.717, 1.165) is 5.56 Å². The van der Waals surface area contributed by atoms with Crippen LogP contribution < -0.4 is 9.88 Å². The molecule has 30 heavy (non-hydrogen) atoms. The second kappa shape index (κ2) is 8.08. The third kappa shape index (κ3) is 3.94. The first-order chi connectivity index (χ1) is 14.2. The number of benzene rings is 3. The van der Waals surface area contributed by atoms with Crippen molar-refractivity contribution in [2.45, 2.75) is 11.3 Å². The van der Waals surface area contributed by atoms with Gasteiger partial charge >= 0.3 is 0 Å². The van der Waals surface area contributed by atoms with Gasteiger partial charge in [-0.1, -0.05) is 64.6 Å². The Morgan fingerprint density at radius 3 is 2.20 bits per heavy atom. The Hall–Kier alpha value is -1.73. The fourth-order valence-corrected chi connectivity index (χ4v) is 4.92. The van der Waals surface area contributed by atoms with Crippen molar-refractivity contribution in [2.75, 3.05) is 0 Å². The number of hydrogen-bond acceptors (Lipinski definition) is 3. The average Bonchev–Trinajstić information content (AvgIpc) is 2.71. The van der Waals surface area contributed by atoms with Crippen molar-refractivity contribution >= 4 is 67.8 Å². The number of nitrogens with two attached hydrogens (primary N) is 1. The van der Waals surface area contributed by atoms with Gasteiger partial charge in [-0.3, -0.25) is 0 Å². The highest BCUT2D eigenvalue weighted by atomic mass is 35.5. The zero-order valence-corrected chi connectivity index (χ0v) is 19.0. The summed E-state index contributed by atoms with van der Waals surface area (Å²) in [6, 6.07) is 15.1. The smallest absolute Gasteiger partial charge is 0.238 e. The lowest BCUT2D eigenvalue weighted by atomic mass is 9.92. The summed E-state index contributed by atoms with van der Waals surface area (Å²) in [5, 5.41) is 6.17. The molecular weight excluding hydrogens is 488 g/mol. The quantitative estimate of drug-likeness (QED) is 0.331. The van der Waals surface area contributed by atoms with Gasteiger partial charge in [0.2, 0.25) is 10.0 Å². The Kier molecular flexibility index (Phi) is 5.79. The number of fused-ring (bicyclic) bond motifs is 1. The van der Waals surface area contributed by atoms with Crippen LogP contribution in [-0.2, 0) is 16.4 Å². The topological polar surface area (TPSA) is 69.4 Å². The fraction of sp³-hybridized carbons (Fsp3) is 0.0476. The number of hydrogen-bond donors (Lipinski definition) is 1. The SMILES string of the molecule is NS(=O)(=O)c1ccc(C2=C(c3c(Cl)cc(Cl)c(Cl)c3Cl)Cc3ccccc3O2)cc1. The number of primary sulfonamides is 1. The first-order valence-corrected chi connectivity index (χ1v) is 11.7. The molecule has 0 aromatic heterocycles. The number of allylic oxidation sites excluding steroid dienone is 1. The molecule has 0 aliphatic carbocycles. The van der Waals surface area contributed by atoms with Crippen LogP contribution in [0.1, 0.15) is 16.7 Å². The number of sulfonamides is 1. The van der Waals surface area contributed by atoms with E-state index in [1.165, 1.54) is 18.2 Å². The third-order valence-electron chi connectivity index (χ3n) is 4.69. The van der Waals surface area contributed by atoms with Gasteiger partial charge in [-0.2, -0.15) is 0 Å². The van der Waals surface area contributed by atoms with Crippen LogP contribution in [0.4, 0.5) is 0 Å². The Labute approximate surface area is 193 Å². The van der Waals surface area contributed by atoms with Crippen LogP contribution >= 0.6 is 46.4 Å². The largest absolute Gasteiger partial charge is 0.456 e. The van der Waals surface area contributed by atoms with E-state index in [-0.39, 0.29) is 20.0 Å². The van der Waals surface area contributed by atoms with Crippen LogP contribution in [0.3, 0.4) is 0 Å². The monoisotopic (exact) mass is 499 g/mol. The molecule has 2 N–H and O–H groups in total. The number of ether oxygens (including phenoxy) is 1. The molecule has 9 heteroatoms. The number of halogens is 4. The highest BCUT2D eigenvalue weighted by Gasteiger charge is 2.27. The van der Waals surface area contributed by atoms with E-state index in [0.29, 0.717) is 39.7 Å². The molecule has 0 amide bonds. The minimum Gasteiger partial charge on any atom is -0.456 e. The van der Waals surface area contributed by atoms with Gasteiger partial charge in [-0.25, -0.2) is 13.6 Å². The fourth-order valence-electron chi connectivity index (χ4n) is 3.27. The molecule has 154 valence electrons. The van der Waals surface area contributed by atoms with Gasteiger partial charge in [0, 0.05) is 23.1 Å². The van der Waals surface area contributed by atoms with Crippen LogP contribution in [-0.4, -0.2) is 8.42 Å². The van der Waals surface area contributed by atoms with Crippen LogP contribution in [0.15, 0.2) is 59.5 Å². The molecule has 0 fully saturated rings. The summed E-state index contributed by atoms with van der Waals surface area (Å²) in [5.74, 6) is 1.16. The van der Waals surface area contributed by atoms with Crippen LogP contribution in [0.2, 0.25) is 20.1 Å². The summed E-state index contributed by atoms with van der Waals surface area (Å²) in [6.45, 7) is 0. The van der Waals surface area contributed by atoms with E-state index >= 15 is 0 Å². The molecular formula is C21H13Cl4NO3S. The maximum atomic E-state index is 11.6. The predicted molar refractivity (Wildman–Crippen MR) is 122 cm³/mol. The van der Waals surface area contributed by atoms with Crippen LogP contribution in [0.25, 0.3) is 11.3 Å². The van der Waals surface area contributed by atoms with E-state index in [9.17, 15) is 8.42 Å². The molecule has 0 radical (unpaired) electrons. The minimum absolute atomic E-state index is 0.00443. The van der Waals surface area contributed by atoms with Gasteiger partial charge in [0.25, 0.3) is 0 Å². The van der Waals surface area contributed by atoms with Gasteiger partial charge in [0.1, 0.15) is 11.5 Å². The first-order valence-electron chi connectivity index (χ1n) is 8.62. The predicted octanol–water partition coefficient (Wildman–Crippen LogP) is 6.45. The molecule has 0 saturated heterocycles. The molecule has 0 bridgehead atoms. The van der Waals surface area contributed by atoms with Crippen LogP contribution in [0.5, 0.6) is 5.75 Å². The maximum Gasteiger partial charge on any atom is 0.238 e. The summed E-state index contributed by atoms with van der Waals surface area (Å²) in [4.78, 5) is -0.00443. The zero-order valence-electron chi connectivity index (χ0n) is 15.1. The van der Waals surface area contributed by atoms with E-state index in [2.05, 4.69) is 0 Å². The second-order valence-corrected chi connectivity index (χ2v) is 9.74. The second-order valence-electron chi connectivity index (χ2n) is 6.61. The molecule has 1 aliphatic heterocycles. The molecule has 3 aromatic carbocycles. The molecule has 1 heterocycles. The van der Waals surface area contributed by atoms with Crippen molar-refractivity contribution < 1.29 is 13.2 Å². The molecule has 0 spiro atoms. The Morgan fingerprint density at radius 1 is 0.867 bits per heavy atom. The first kappa shape index (κ1) is 21.5. The molecule has 0 saturated carbocycles. The van der Waals surface area contributed by atoms with Crippen molar-refractivity contribution in [3.8, 4) is 5.75 Å². The molecule has 3 aromatic rings.